The molecular weight excluding hydrogens is 422 g/mol. The zero-order chi connectivity index (χ0) is 23.5. The Hall–Kier alpha value is -2.39. The highest BCUT2D eigenvalue weighted by Gasteiger charge is 2.36. The zero-order valence-corrected chi connectivity index (χ0v) is 20.6. The summed E-state index contributed by atoms with van der Waals surface area (Å²) in [5, 5.41) is 0. The number of rotatable bonds is 4. The van der Waals surface area contributed by atoms with E-state index in [0.717, 1.165) is 17.7 Å². The van der Waals surface area contributed by atoms with Crippen molar-refractivity contribution in [3.8, 4) is 11.8 Å². The highest BCUT2D eigenvalue weighted by atomic mass is 32.1. The molecule has 3 rings (SSSR count). The van der Waals surface area contributed by atoms with E-state index >= 15 is 0 Å². The predicted molar refractivity (Wildman–Crippen MR) is 128 cm³/mol. The Morgan fingerprint density at radius 1 is 1.16 bits per heavy atom. The van der Waals surface area contributed by atoms with Gasteiger partial charge in [0, 0.05) is 30.2 Å². The molecule has 2 aliphatic rings. The fraction of sp³-hybridized carbons (Fsp3) is 0.577. The summed E-state index contributed by atoms with van der Waals surface area (Å²) in [5.74, 6) is 6.07. The number of anilines is 1. The van der Waals surface area contributed by atoms with Crippen molar-refractivity contribution < 1.29 is 19.1 Å². The van der Waals surface area contributed by atoms with Crippen molar-refractivity contribution in [2.45, 2.75) is 78.7 Å². The summed E-state index contributed by atoms with van der Waals surface area (Å²) in [6.07, 6.45) is 6.72. The van der Waals surface area contributed by atoms with Crippen molar-refractivity contribution in [3.05, 3.63) is 27.5 Å². The number of allylic oxidation sites excluding steroid dienone is 2. The summed E-state index contributed by atoms with van der Waals surface area (Å²) >= 11 is 1.27. The van der Waals surface area contributed by atoms with Crippen LogP contribution in [0.5, 0.6) is 0 Å². The van der Waals surface area contributed by atoms with Crippen LogP contribution >= 0.6 is 11.3 Å². The van der Waals surface area contributed by atoms with Gasteiger partial charge in [-0.15, -0.1) is 11.3 Å². The second-order valence-electron chi connectivity index (χ2n) is 9.82. The fourth-order valence-corrected chi connectivity index (χ4v) is 5.10. The third kappa shape index (κ3) is 5.89. The number of ether oxygens (including phenoxy) is 1. The Balaban J connectivity index is 2.05. The molecule has 0 spiro atoms. The maximum absolute atomic E-state index is 13.8. The van der Waals surface area contributed by atoms with E-state index in [1.165, 1.54) is 24.0 Å². The normalized spacial score (nSPS) is 19.6. The number of carbonyl (C=O) groups excluding carboxylic acids is 3. The number of amides is 1. The first-order chi connectivity index (χ1) is 15.1. The minimum atomic E-state index is -0.460. The zero-order valence-electron chi connectivity index (χ0n) is 19.7. The van der Waals surface area contributed by atoms with Crippen LogP contribution in [0.2, 0.25) is 0 Å². The minimum absolute atomic E-state index is 0.0337. The fourth-order valence-electron chi connectivity index (χ4n) is 4.17. The lowest BCUT2D eigenvalue weighted by Crippen LogP contribution is -2.46. The maximum atomic E-state index is 13.8. The predicted octanol–water partition coefficient (Wildman–Crippen LogP) is 5.52. The molecule has 1 fully saturated rings. The molecule has 5 nitrogen and oxygen atoms in total. The molecule has 32 heavy (non-hydrogen) atoms. The lowest BCUT2D eigenvalue weighted by molar-refractivity contribution is -0.125. The SMILES string of the molecule is COC(=O)c1sc(C#CC(C)(C)C)cc1N(C(=O)[C@@H]1CC=C(C)CC1)C1CCC(=O)CC1. The summed E-state index contributed by atoms with van der Waals surface area (Å²) in [4.78, 5) is 41.3. The Kier molecular flexibility index (Phi) is 7.61. The molecule has 1 aromatic rings. The molecule has 0 saturated heterocycles. The summed E-state index contributed by atoms with van der Waals surface area (Å²) in [6.45, 7) is 8.19. The van der Waals surface area contributed by atoms with Crippen LogP contribution < -0.4 is 4.90 Å². The van der Waals surface area contributed by atoms with E-state index in [1.807, 2.05) is 26.8 Å². The lowest BCUT2D eigenvalue weighted by Gasteiger charge is -2.36. The van der Waals surface area contributed by atoms with E-state index in [1.54, 1.807) is 4.90 Å². The van der Waals surface area contributed by atoms with Gasteiger partial charge in [-0.2, -0.15) is 0 Å². The molecular formula is C26H33NO4S. The van der Waals surface area contributed by atoms with Crippen molar-refractivity contribution in [2.75, 3.05) is 12.0 Å². The first kappa shape index (κ1) is 24.3. The first-order valence-electron chi connectivity index (χ1n) is 11.3. The van der Waals surface area contributed by atoms with Crippen LogP contribution in [-0.4, -0.2) is 30.8 Å². The largest absolute Gasteiger partial charge is 0.465 e. The summed E-state index contributed by atoms with van der Waals surface area (Å²) in [7, 11) is 1.35. The van der Waals surface area contributed by atoms with E-state index < -0.39 is 5.97 Å². The summed E-state index contributed by atoms with van der Waals surface area (Å²) < 4.78 is 5.05. The van der Waals surface area contributed by atoms with Gasteiger partial charge < -0.3 is 9.64 Å². The molecule has 172 valence electrons. The molecule has 2 aliphatic carbocycles. The van der Waals surface area contributed by atoms with E-state index in [9.17, 15) is 14.4 Å². The van der Waals surface area contributed by atoms with Crippen LogP contribution in [0.25, 0.3) is 0 Å². The molecule has 1 amide bonds. The molecule has 0 aromatic carbocycles. The average Bonchev–Trinajstić information content (AvgIpc) is 3.17. The minimum Gasteiger partial charge on any atom is -0.465 e. The van der Waals surface area contributed by atoms with Crippen LogP contribution in [0.1, 0.15) is 87.2 Å². The number of thiophene rings is 1. The Morgan fingerprint density at radius 2 is 1.84 bits per heavy atom. The van der Waals surface area contributed by atoms with Crippen molar-refractivity contribution in [2.24, 2.45) is 11.3 Å². The molecule has 6 heteroatoms. The molecule has 0 aliphatic heterocycles. The number of methoxy groups -OCH3 is 1. The first-order valence-corrected chi connectivity index (χ1v) is 12.2. The number of esters is 1. The monoisotopic (exact) mass is 455 g/mol. The van der Waals surface area contributed by atoms with Gasteiger partial charge in [-0.1, -0.05) is 23.5 Å². The van der Waals surface area contributed by atoms with E-state index in [-0.39, 0.29) is 29.1 Å². The standard InChI is InChI=1S/C26H33NO4S/c1-17-6-8-18(9-7-17)24(29)27(19-10-12-20(28)13-11-19)22-16-21(14-15-26(2,3)4)32-23(22)25(30)31-5/h6,16,18-19H,7-13H2,1-5H3/t18-/m1/s1. The molecule has 0 unspecified atom stereocenters. The van der Waals surface area contributed by atoms with E-state index in [2.05, 4.69) is 24.8 Å². The van der Waals surface area contributed by atoms with Crippen LogP contribution in [0, 0.1) is 23.2 Å². The Labute approximate surface area is 195 Å². The molecule has 0 radical (unpaired) electrons. The third-order valence-electron chi connectivity index (χ3n) is 6.01. The van der Waals surface area contributed by atoms with Crippen LogP contribution in [0.15, 0.2) is 17.7 Å². The lowest BCUT2D eigenvalue weighted by atomic mass is 9.87. The number of ketones is 1. The number of hydrogen-bond donors (Lipinski definition) is 0. The Morgan fingerprint density at radius 3 is 2.41 bits per heavy atom. The van der Waals surface area contributed by atoms with Crippen LogP contribution in [0.3, 0.4) is 0 Å². The van der Waals surface area contributed by atoms with E-state index in [4.69, 9.17) is 4.74 Å². The van der Waals surface area contributed by atoms with Crippen molar-refractivity contribution >= 4 is 34.7 Å². The molecule has 0 N–H and O–H groups in total. The summed E-state index contributed by atoms with van der Waals surface area (Å²) in [5.41, 5.74) is 1.71. The van der Waals surface area contributed by atoms with Crippen molar-refractivity contribution in [1.29, 1.82) is 0 Å². The molecule has 1 atom stereocenters. The van der Waals surface area contributed by atoms with Crippen molar-refractivity contribution in [3.63, 3.8) is 0 Å². The highest BCUT2D eigenvalue weighted by molar-refractivity contribution is 7.15. The second kappa shape index (κ2) is 10.0. The average molecular weight is 456 g/mol. The topological polar surface area (TPSA) is 63.7 Å². The Bertz CT molecular complexity index is 976. The van der Waals surface area contributed by atoms with Gasteiger partial charge in [0.05, 0.1) is 17.7 Å². The summed E-state index contributed by atoms with van der Waals surface area (Å²) in [6, 6.07) is 1.75. The van der Waals surface area contributed by atoms with Gasteiger partial charge in [-0.25, -0.2) is 4.79 Å². The van der Waals surface area contributed by atoms with Gasteiger partial charge in [-0.05, 0) is 65.9 Å². The van der Waals surface area contributed by atoms with Gasteiger partial charge in [0.1, 0.15) is 10.7 Å². The smallest absolute Gasteiger partial charge is 0.350 e. The van der Waals surface area contributed by atoms with Crippen molar-refractivity contribution in [1.82, 2.24) is 0 Å². The third-order valence-corrected chi connectivity index (χ3v) is 7.03. The van der Waals surface area contributed by atoms with Gasteiger partial charge in [0.2, 0.25) is 5.91 Å². The van der Waals surface area contributed by atoms with Gasteiger partial charge >= 0.3 is 5.97 Å². The van der Waals surface area contributed by atoms with Crippen LogP contribution in [-0.2, 0) is 14.3 Å². The highest BCUT2D eigenvalue weighted by Crippen LogP contribution is 2.38. The molecule has 0 bridgehead atoms. The van der Waals surface area contributed by atoms with E-state index in [0.29, 0.717) is 42.7 Å². The van der Waals surface area contributed by atoms with Gasteiger partial charge in [0.15, 0.2) is 0 Å². The number of Topliss-reactive ketones (excluding diaryl/α,β-unsaturated/α-hetero) is 1. The number of nitrogens with zero attached hydrogens (tertiary/aromatic N) is 1. The second-order valence-corrected chi connectivity index (χ2v) is 10.9. The van der Waals surface area contributed by atoms with Crippen LogP contribution in [0.4, 0.5) is 5.69 Å². The molecule has 1 saturated carbocycles. The molecule has 1 heterocycles. The maximum Gasteiger partial charge on any atom is 0.350 e. The van der Waals surface area contributed by atoms with Gasteiger partial charge in [0.25, 0.3) is 0 Å². The molecule has 1 aromatic heterocycles. The quantitative estimate of drug-likeness (QED) is 0.340. The number of hydrogen-bond acceptors (Lipinski definition) is 5. The number of carbonyl (C=O) groups is 3. The van der Waals surface area contributed by atoms with Gasteiger partial charge in [-0.3, -0.25) is 9.59 Å².